The molecule has 0 aliphatic heterocycles. The van der Waals surface area contributed by atoms with Gasteiger partial charge in [0.05, 0.1) is 27.4 Å². The number of fused-ring (bicyclic) bond motifs is 3. The van der Waals surface area contributed by atoms with Crippen LogP contribution in [0.1, 0.15) is 11.3 Å². The van der Waals surface area contributed by atoms with Crippen LogP contribution in [0.15, 0.2) is 71.8 Å². The molecule has 0 saturated carbocycles. The Bertz CT molecular complexity index is 1490. The summed E-state index contributed by atoms with van der Waals surface area (Å²) in [5.74, 6) is -0.530. The normalized spacial score (nSPS) is 11.4. The van der Waals surface area contributed by atoms with Crippen molar-refractivity contribution >= 4 is 33.4 Å². The topological polar surface area (TPSA) is 52.7 Å². The fraction of sp³-hybridized carbons (Fsp3) is 0.0870. The van der Waals surface area contributed by atoms with Crippen LogP contribution in [-0.4, -0.2) is 19.3 Å². The predicted octanol–water partition coefficient (Wildman–Crippen LogP) is 4.66. The third-order valence-corrected chi connectivity index (χ3v) is 5.39. The fourth-order valence-electron chi connectivity index (χ4n) is 3.72. The van der Waals surface area contributed by atoms with Gasteiger partial charge in [0.15, 0.2) is 0 Å². The average Bonchev–Trinajstić information content (AvgIpc) is 3.14. The molecule has 30 heavy (non-hydrogen) atoms. The molecular weight excluding hydrogens is 403 g/mol. The minimum Gasteiger partial charge on any atom is -0.276 e. The summed E-state index contributed by atoms with van der Waals surface area (Å²) in [4.78, 5) is 17.4. The van der Waals surface area contributed by atoms with Crippen molar-refractivity contribution in [1.82, 2.24) is 19.3 Å². The molecule has 0 atom stereocenters. The van der Waals surface area contributed by atoms with Crippen LogP contribution in [-0.2, 0) is 13.5 Å². The fourth-order valence-corrected chi connectivity index (χ4v) is 3.89. The lowest BCUT2D eigenvalue weighted by atomic mass is 10.0. The van der Waals surface area contributed by atoms with Crippen molar-refractivity contribution in [2.75, 3.05) is 0 Å². The molecule has 0 fully saturated rings. The van der Waals surface area contributed by atoms with Crippen LogP contribution in [0.25, 0.3) is 27.5 Å². The van der Waals surface area contributed by atoms with E-state index in [-0.39, 0.29) is 10.6 Å². The molecule has 0 unspecified atom stereocenters. The van der Waals surface area contributed by atoms with Gasteiger partial charge in [0.1, 0.15) is 5.82 Å². The van der Waals surface area contributed by atoms with Crippen molar-refractivity contribution in [2.45, 2.75) is 6.42 Å². The Morgan fingerprint density at radius 2 is 1.93 bits per heavy atom. The van der Waals surface area contributed by atoms with Gasteiger partial charge in [-0.1, -0.05) is 17.7 Å². The van der Waals surface area contributed by atoms with Crippen molar-refractivity contribution in [1.29, 1.82) is 0 Å². The number of pyridine rings is 2. The van der Waals surface area contributed by atoms with E-state index < -0.39 is 5.82 Å². The van der Waals surface area contributed by atoms with Gasteiger partial charge >= 0.3 is 0 Å². The number of halogens is 2. The molecule has 0 bridgehead atoms. The average molecular weight is 419 g/mol. The number of hydrogen-bond acceptors (Lipinski definition) is 3. The highest BCUT2D eigenvalue weighted by Gasteiger charge is 2.13. The summed E-state index contributed by atoms with van der Waals surface area (Å²) in [6, 6.07) is 15.4. The highest BCUT2D eigenvalue weighted by Crippen LogP contribution is 2.27. The SMILES string of the molecule is Cn1ccc(Cc2ccc3ncc4ccc(=O)n(-c5ccc(F)c(Cl)c5)c4c3c2)n1. The standard InChI is InChI=1S/C23H16ClFN4O/c1-28-9-8-16(27-28)10-14-2-6-21-18(11-14)23-15(13-26-21)3-7-22(30)29(23)17-4-5-20(25)19(24)12-17/h2-9,11-13H,10H2,1H3. The molecular formula is C23H16ClFN4O. The van der Waals surface area contributed by atoms with Crippen LogP contribution in [0, 0.1) is 5.82 Å². The summed E-state index contributed by atoms with van der Waals surface area (Å²) in [5, 5.41) is 6.04. The zero-order valence-electron chi connectivity index (χ0n) is 16.0. The number of rotatable bonds is 3. The Hall–Kier alpha value is -3.51. The molecule has 0 aliphatic rings. The zero-order valence-corrected chi connectivity index (χ0v) is 16.8. The summed E-state index contributed by atoms with van der Waals surface area (Å²) >= 11 is 5.99. The molecule has 7 heteroatoms. The maximum absolute atomic E-state index is 13.7. The van der Waals surface area contributed by atoms with Gasteiger partial charge in [-0.3, -0.25) is 19.0 Å². The molecule has 0 spiro atoms. The number of hydrogen-bond donors (Lipinski definition) is 0. The van der Waals surface area contributed by atoms with Crippen LogP contribution in [0.5, 0.6) is 0 Å². The highest BCUT2D eigenvalue weighted by atomic mass is 35.5. The van der Waals surface area contributed by atoms with Gasteiger partial charge in [0.25, 0.3) is 5.56 Å². The second-order valence-corrected chi connectivity index (χ2v) is 7.58. The van der Waals surface area contributed by atoms with E-state index in [1.807, 2.05) is 37.5 Å². The van der Waals surface area contributed by atoms with Crippen LogP contribution < -0.4 is 5.56 Å². The Morgan fingerprint density at radius 3 is 2.70 bits per heavy atom. The molecule has 5 nitrogen and oxygen atoms in total. The summed E-state index contributed by atoms with van der Waals surface area (Å²) < 4.78 is 17.0. The van der Waals surface area contributed by atoms with Crippen LogP contribution in [0.3, 0.4) is 0 Å². The largest absolute Gasteiger partial charge is 0.276 e. The van der Waals surface area contributed by atoms with Gasteiger partial charge in [-0.05, 0) is 48.0 Å². The Balaban J connectivity index is 1.78. The molecule has 3 aromatic heterocycles. The summed E-state index contributed by atoms with van der Waals surface area (Å²) in [6.07, 6.45) is 4.30. The van der Waals surface area contributed by atoms with E-state index in [1.165, 1.54) is 18.2 Å². The van der Waals surface area contributed by atoms with Gasteiger partial charge in [-0.15, -0.1) is 0 Å². The van der Waals surface area contributed by atoms with Gasteiger partial charge < -0.3 is 0 Å². The lowest BCUT2D eigenvalue weighted by molar-refractivity contribution is 0.628. The maximum atomic E-state index is 13.7. The Labute approximate surface area is 176 Å². The minimum atomic E-state index is -0.530. The van der Waals surface area contributed by atoms with Gasteiger partial charge in [-0.25, -0.2) is 4.39 Å². The van der Waals surface area contributed by atoms with Gasteiger partial charge in [-0.2, -0.15) is 5.10 Å². The first-order valence-corrected chi connectivity index (χ1v) is 9.75. The molecule has 5 rings (SSSR count). The van der Waals surface area contributed by atoms with Crippen LogP contribution >= 0.6 is 11.6 Å². The van der Waals surface area contributed by atoms with E-state index in [2.05, 4.69) is 10.1 Å². The van der Waals surface area contributed by atoms with Crippen molar-refractivity contribution < 1.29 is 4.39 Å². The molecule has 0 N–H and O–H groups in total. The monoisotopic (exact) mass is 418 g/mol. The van der Waals surface area contributed by atoms with Crippen molar-refractivity contribution in [3.05, 3.63) is 99.4 Å². The number of aryl methyl sites for hydroxylation is 1. The molecule has 148 valence electrons. The summed E-state index contributed by atoms with van der Waals surface area (Å²) in [6.45, 7) is 0. The summed E-state index contributed by atoms with van der Waals surface area (Å²) in [5.41, 5.74) is 3.74. The molecule has 0 aliphatic carbocycles. The number of nitrogens with zero attached hydrogens (tertiary/aromatic N) is 4. The first-order chi connectivity index (χ1) is 14.5. The Morgan fingerprint density at radius 1 is 1.07 bits per heavy atom. The van der Waals surface area contributed by atoms with Crippen molar-refractivity contribution in [3.63, 3.8) is 0 Å². The van der Waals surface area contributed by atoms with E-state index in [0.717, 1.165) is 27.5 Å². The van der Waals surface area contributed by atoms with Crippen molar-refractivity contribution in [2.24, 2.45) is 7.05 Å². The Kier molecular flexibility index (Phi) is 4.37. The smallest absolute Gasteiger partial charge is 0.255 e. The minimum absolute atomic E-state index is 0.0365. The van der Waals surface area contributed by atoms with E-state index in [0.29, 0.717) is 17.6 Å². The van der Waals surface area contributed by atoms with E-state index in [9.17, 15) is 9.18 Å². The molecule has 0 amide bonds. The molecule has 2 aromatic carbocycles. The summed E-state index contributed by atoms with van der Waals surface area (Å²) in [7, 11) is 1.88. The second kappa shape index (κ2) is 7.07. The van der Waals surface area contributed by atoms with Crippen LogP contribution in [0.2, 0.25) is 5.02 Å². The lowest BCUT2D eigenvalue weighted by Crippen LogP contribution is -2.17. The molecule has 3 heterocycles. The molecule has 5 aromatic rings. The van der Waals surface area contributed by atoms with Crippen LogP contribution in [0.4, 0.5) is 4.39 Å². The lowest BCUT2D eigenvalue weighted by Gasteiger charge is -2.13. The number of benzene rings is 2. The second-order valence-electron chi connectivity index (χ2n) is 7.18. The van der Waals surface area contributed by atoms with E-state index in [4.69, 9.17) is 11.6 Å². The van der Waals surface area contributed by atoms with Gasteiger partial charge in [0.2, 0.25) is 0 Å². The first-order valence-electron chi connectivity index (χ1n) is 9.37. The van der Waals surface area contributed by atoms with Gasteiger partial charge in [0, 0.05) is 42.7 Å². The zero-order chi connectivity index (χ0) is 20.8. The molecule has 0 radical (unpaired) electrons. The quantitative estimate of drug-likeness (QED) is 0.400. The third-order valence-electron chi connectivity index (χ3n) is 5.10. The molecule has 0 saturated heterocycles. The number of aromatic nitrogens is 4. The highest BCUT2D eigenvalue weighted by molar-refractivity contribution is 6.30. The van der Waals surface area contributed by atoms with Crippen molar-refractivity contribution in [3.8, 4) is 5.69 Å². The predicted molar refractivity (Wildman–Crippen MR) is 116 cm³/mol. The third kappa shape index (κ3) is 3.15. The van der Waals surface area contributed by atoms with E-state index in [1.54, 1.807) is 27.6 Å². The van der Waals surface area contributed by atoms with E-state index >= 15 is 0 Å². The first kappa shape index (κ1) is 18.5. The maximum Gasteiger partial charge on any atom is 0.255 e.